The van der Waals surface area contributed by atoms with Crippen molar-refractivity contribution in [3.8, 4) is 6.01 Å². The first-order valence-corrected chi connectivity index (χ1v) is 10.0. The predicted molar refractivity (Wildman–Crippen MR) is 99.5 cm³/mol. The van der Waals surface area contributed by atoms with E-state index in [1.807, 2.05) is 11.8 Å². The van der Waals surface area contributed by atoms with E-state index in [9.17, 15) is 4.79 Å². The third-order valence-corrected chi connectivity index (χ3v) is 5.80. The van der Waals surface area contributed by atoms with Crippen LogP contribution in [0.2, 0.25) is 0 Å². The highest BCUT2D eigenvalue weighted by Gasteiger charge is 2.63. The highest BCUT2D eigenvalue weighted by atomic mass is 16.6. The molecule has 9 heteroatoms. The van der Waals surface area contributed by atoms with Crippen LogP contribution in [0.15, 0.2) is 31.0 Å². The van der Waals surface area contributed by atoms with Crippen LogP contribution in [0.3, 0.4) is 0 Å². The Morgan fingerprint density at radius 3 is 2.72 bits per heavy atom. The van der Waals surface area contributed by atoms with Gasteiger partial charge in [0.1, 0.15) is 6.23 Å². The maximum absolute atomic E-state index is 13.2. The minimum Gasteiger partial charge on any atom is -0.464 e. The molecule has 1 amide bonds. The van der Waals surface area contributed by atoms with Crippen molar-refractivity contribution in [3.63, 3.8) is 0 Å². The van der Waals surface area contributed by atoms with E-state index in [0.717, 1.165) is 24.1 Å². The SMILES string of the molecule is CCOc1ncc(COC2CC3(C2)OC2CC[C@@H](c4cnccn4)N2C3=O)cn1. The molecule has 2 atom stereocenters. The lowest BCUT2D eigenvalue weighted by Gasteiger charge is -2.42. The fourth-order valence-electron chi connectivity index (χ4n) is 4.39. The number of rotatable bonds is 6. The highest BCUT2D eigenvalue weighted by Crippen LogP contribution is 2.51. The Morgan fingerprint density at radius 2 is 2.00 bits per heavy atom. The maximum Gasteiger partial charge on any atom is 0.316 e. The number of carbonyl (C=O) groups excluding carboxylic acids is 1. The molecule has 0 aromatic carbocycles. The summed E-state index contributed by atoms with van der Waals surface area (Å²) < 4.78 is 17.4. The van der Waals surface area contributed by atoms with E-state index in [4.69, 9.17) is 14.2 Å². The van der Waals surface area contributed by atoms with Crippen LogP contribution in [0.1, 0.15) is 49.9 Å². The lowest BCUT2D eigenvalue weighted by molar-refractivity contribution is -0.177. The first-order valence-electron chi connectivity index (χ1n) is 10.0. The second kappa shape index (κ2) is 7.31. The van der Waals surface area contributed by atoms with Crippen molar-refractivity contribution in [2.24, 2.45) is 0 Å². The Labute approximate surface area is 168 Å². The van der Waals surface area contributed by atoms with Crippen LogP contribution >= 0.6 is 0 Å². The number of fused-ring (bicyclic) bond motifs is 1. The summed E-state index contributed by atoms with van der Waals surface area (Å²) in [5, 5.41) is 0. The Morgan fingerprint density at radius 1 is 1.17 bits per heavy atom. The van der Waals surface area contributed by atoms with E-state index in [1.165, 1.54) is 0 Å². The first kappa shape index (κ1) is 18.4. The van der Waals surface area contributed by atoms with Crippen molar-refractivity contribution in [2.75, 3.05) is 6.61 Å². The van der Waals surface area contributed by atoms with Gasteiger partial charge >= 0.3 is 6.01 Å². The zero-order chi connectivity index (χ0) is 19.8. The summed E-state index contributed by atoms with van der Waals surface area (Å²) in [5.41, 5.74) is 0.953. The molecule has 1 spiro atoms. The molecule has 4 heterocycles. The van der Waals surface area contributed by atoms with Gasteiger partial charge in [-0.2, -0.15) is 0 Å². The summed E-state index contributed by atoms with van der Waals surface area (Å²) in [6.07, 6.45) is 11.1. The molecule has 0 N–H and O–H groups in total. The topological polar surface area (TPSA) is 99.6 Å². The molecule has 0 radical (unpaired) electrons. The molecular weight excluding hydrogens is 374 g/mol. The van der Waals surface area contributed by atoms with Crippen molar-refractivity contribution < 1.29 is 19.0 Å². The third kappa shape index (κ3) is 3.24. The van der Waals surface area contributed by atoms with Gasteiger partial charge in [-0.25, -0.2) is 9.97 Å². The Balaban J connectivity index is 1.18. The lowest BCUT2D eigenvalue weighted by atomic mass is 9.76. The average Bonchev–Trinajstić information content (AvgIpc) is 3.26. The van der Waals surface area contributed by atoms with Gasteiger partial charge < -0.3 is 19.1 Å². The van der Waals surface area contributed by atoms with E-state index in [2.05, 4.69) is 19.9 Å². The van der Waals surface area contributed by atoms with Gasteiger partial charge in [-0.1, -0.05) is 0 Å². The lowest BCUT2D eigenvalue weighted by Crippen LogP contribution is -2.54. The van der Waals surface area contributed by atoms with E-state index < -0.39 is 5.60 Å². The zero-order valence-electron chi connectivity index (χ0n) is 16.2. The maximum atomic E-state index is 13.2. The normalized spacial score (nSPS) is 30.4. The number of aromatic nitrogens is 4. The first-order chi connectivity index (χ1) is 14.2. The molecule has 2 saturated heterocycles. The summed E-state index contributed by atoms with van der Waals surface area (Å²) in [6.45, 7) is 2.82. The summed E-state index contributed by atoms with van der Waals surface area (Å²) >= 11 is 0. The van der Waals surface area contributed by atoms with Gasteiger partial charge in [-0.15, -0.1) is 0 Å². The number of carbonyl (C=O) groups is 1. The fourth-order valence-corrected chi connectivity index (χ4v) is 4.39. The van der Waals surface area contributed by atoms with Gasteiger partial charge in [0.25, 0.3) is 5.91 Å². The van der Waals surface area contributed by atoms with Crippen molar-refractivity contribution in [3.05, 3.63) is 42.2 Å². The van der Waals surface area contributed by atoms with Crippen LogP contribution < -0.4 is 4.74 Å². The molecule has 152 valence electrons. The molecule has 2 aromatic heterocycles. The molecule has 2 aliphatic heterocycles. The molecule has 2 aromatic rings. The third-order valence-electron chi connectivity index (χ3n) is 5.80. The molecule has 3 aliphatic rings. The Bertz CT molecular complexity index is 872. The van der Waals surface area contributed by atoms with Gasteiger partial charge in [0.05, 0.1) is 37.3 Å². The summed E-state index contributed by atoms with van der Waals surface area (Å²) in [5.74, 6) is 0.0555. The molecule has 9 nitrogen and oxygen atoms in total. The second-order valence-electron chi connectivity index (χ2n) is 7.65. The molecular formula is C20H23N5O4. The van der Waals surface area contributed by atoms with Crippen LogP contribution in [0.25, 0.3) is 0 Å². The van der Waals surface area contributed by atoms with Crippen LogP contribution in [0, 0.1) is 0 Å². The van der Waals surface area contributed by atoms with Crippen LogP contribution in [0.5, 0.6) is 6.01 Å². The average molecular weight is 397 g/mol. The fraction of sp³-hybridized carbons (Fsp3) is 0.550. The van der Waals surface area contributed by atoms with Crippen LogP contribution in [-0.4, -0.2) is 55.3 Å². The van der Waals surface area contributed by atoms with Crippen molar-refractivity contribution >= 4 is 5.91 Å². The molecule has 1 unspecified atom stereocenters. The van der Waals surface area contributed by atoms with Crippen LogP contribution in [-0.2, 0) is 20.9 Å². The molecule has 1 aliphatic carbocycles. The Kier molecular flexibility index (Phi) is 4.63. The van der Waals surface area contributed by atoms with E-state index in [-0.39, 0.29) is 24.3 Å². The summed E-state index contributed by atoms with van der Waals surface area (Å²) in [6, 6.07) is 0.309. The van der Waals surface area contributed by atoms with Crippen molar-refractivity contribution in [1.29, 1.82) is 0 Å². The van der Waals surface area contributed by atoms with E-state index >= 15 is 0 Å². The second-order valence-corrected chi connectivity index (χ2v) is 7.65. The molecule has 29 heavy (non-hydrogen) atoms. The van der Waals surface area contributed by atoms with Gasteiger partial charge in [-0.05, 0) is 19.8 Å². The number of hydrogen-bond donors (Lipinski definition) is 0. The number of nitrogens with zero attached hydrogens (tertiary/aromatic N) is 5. The standard InChI is InChI=1S/C20H23N5O4/c1-2-27-19-23-9-13(10-24-19)12-28-14-7-20(8-14)18(26)25-16(3-4-17(25)29-20)15-11-21-5-6-22-15/h5-6,9-11,14,16-17H,2-4,7-8,12H2,1H3/t14?,16-,17?,20?/m0/s1. The largest absolute Gasteiger partial charge is 0.464 e. The van der Waals surface area contributed by atoms with E-state index in [0.29, 0.717) is 32.1 Å². The zero-order valence-corrected chi connectivity index (χ0v) is 16.2. The molecule has 5 rings (SSSR count). The highest BCUT2D eigenvalue weighted by molar-refractivity contribution is 5.89. The molecule has 0 bridgehead atoms. The van der Waals surface area contributed by atoms with Crippen molar-refractivity contribution in [1.82, 2.24) is 24.8 Å². The van der Waals surface area contributed by atoms with Gasteiger partial charge in [0.15, 0.2) is 5.60 Å². The summed E-state index contributed by atoms with van der Waals surface area (Å²) in [4.78, 5) is 31.8. The number of ether oxygens (including phenoxy) is 3. The minimum atomic E-state index is -0.745. The van der Waals surface area contributed by atoms with Gasteiger partial charge in [0, 0.05) is 43.2 Å². The molecule has 3 fully saturated rings. The van der Waals surface area contributed by atoms with Crippen molar-refractivity contribution in [2.45, 2.75) is 63.2 Å². The summed E-state index contributed by atoms with van der Waals surface area (Å²) in [7, 11) is 0. The Hall–Kier alpha value is -2.65. The minimum absolute atomic E-state index is 0.0134. The number of hydrogen-bond acceptors (Lipinski definition) is 8. The van der Waals surface area contributed by atoms with Crippen LogP contribution in [0.4, 0.5) is 0 Å². The number of amides is 1. The van der Waals surface area contributed by atoms with Gasteiger partial charge in [0.2, 0.25) is 0 Å². The smallest absolute Gasteiger partial charge is 0.316 e. The quantitative estimate of drug-likeness (QED) is 0.728. The predicted octanol–water partition coefficient (Wildman–Crippen LogP) is 1.80. The monoisotopic (exact) mass is 397 g/mol. The van der Waals surface area contributed by atoms with E-state index in [1.54, 1.807) is 31.0 Å². The van der Waals surface area contributed by atoms with Gasteiger partial charge in [-0.3, -0.25) is 14.8 Å². The molecule has 1 saturated carbocycles.